The Labute approximate surface area is 105 Å². The number of carbonyl (C=O) groups excluding carboxylic acids is 1. The fourth-order valence-electron chi connectivity index (χ4n) is 3.51. The molecule has 98 valence electrons. The van der Waals surface area contributed by atoms with E-state index in [0.717, 1.165) is 11.8 Å². The Morgan fingerprint density at radius 3 is 2.59 bits per heavy atom. The van der Waals surface area contributed by atoms with Crippen molar-refractivity contribution in [1.82, 2.24) is 5.32 Å². The van der Waals surface area contributed by atoms with E-state index in [9.17, 15) is 4.79 Å². The Morgan fingerprint density at radius 1 is 1.41 bits per heavy atom. The van der Waals surface area contributed by atoms with Crippen LogP contribution in [0, 0.1) is 23.2 Å². The molecule has 2 rings (SSSR count). The van der Waals surface area contributed by atoms with Gasteiger partial charge in [-0.15, -0.1) is 0 Å². The van der Waals surface area contributed by atoms with Crippen LogP contribution in [0.3, 0.4) is 0 Å². The third-order valence-electron chi connectivity index (χ3n) is 4.92. The van der Waals surface area contributed by atoms with E-state index in [-0.39, 0.29) is 5.91 Å². The molecule has 0 aromatic carbocycles. The fourth-order valence-corrected chi connectivity index (χ4v) is 3.51. The molecule has 0 aromatic heterocycles. The Kier molecular flexibility index (Phi) is 3.48. The standard InChI is InChI=1S/C14H26N2O/c1-9(16-13(17)14(2,3)8-15)12-7-10-4-5-11(12)6-10/h9-12H,4-8,15H2,1-3H3,(H,16,17). The SMILES string of the molecule is CC(NC(=O)C(C)(C)CN)C1CC2CCC1C2. The van der Waals surface area contributed by atoms with Gasteiger partial charge in [-0.05, 0) is 57.8 Å². The maximum Gasteiger partial charge on any atom is 0.227 e. The summed E-state index contributed by atoms with van der Waals surface area (Å²) in [6.07, 6.45) is 5.49. The molecule has 0 heterocycles. The van der Waals surface area contributed by atoms with Crippen molar-refractivity contribution in [3.63, 3.8) is 0 Å². The maximum atomic E-state index is 12.1. The van der Waals surface area contributed by atoms with Crippen molar-refractivity contribution >= 4 is 5.91 Å². The Hall–Kier alpha value is -0.570. The predicted molar refractivity (Wildman–Crippen MR) is 69.4 cm³/mol. The number of nitrogens with two attached hydrogens (primary N) is 1. The molecule has 0 saturated heterocycles. The molecule has 2 bridgehead atoms. The highest BCUT2D eigenvalue weighted by molar-refractivity contribution is 5.82. The summed E-state index contributed by atoms with van der Waals surface area (Å²) >= 11 is 0. The minimum atomic E-state index is -0.439. The van der Waals surface area contributed by atoms with Gasteiger partial charge < -0.3 is 11.1 Å². The van der Waals surface area contributed by atoms with Gasteiger partial charge in [-0.1, -0.05) is 6.42 Å². The second-order valence-corrected chi connectivity index (χ2v) is 6.69. The molecule has 0 aromatic rings. The van der Waals surface area contributed by atoms with Crippen LogP contribution in [-0.4, -0.2) is 18.5 Å². The Balaban J connectivity index is 1.89. The van der Waals surface area contributed by atoms with Crippen molar-refractivity contribution in [2.24, 2.45) is 28.9 Å². The smallest absolute Gasteiger partial charge is 0.227 e. The van der Waals surface area contributed by atoms with E-state index in [2.05, 4.69) is 12.2 Å². The first kappa shape index (κ1) is 12.9. The number of nitrogens with one attached hydrogen (secondary N) is 1. The molecule has 4 unspecified atom stereocenters. The molecule has 2 fully saturated rings. The largest absolute Gasteiger partial charge is 0.353 e. The summed E-state index contributed by atoms with van der Waals surface area (Å²) < 4.78 is 0. The van der Waals surface area contributed by atoms with Crippen LogP contribution in [0.4, 0.5) is 0 Å². The van der Waals surface area contributed by atoms with Gasteiger partial charge in [-0.3, -0.25) is 4.79 Å². The van der Waals surface area contributed by atoms with Gasteiger partial charge in [0.1, 0.15) is 0 Å². The van der Waals surface area contributed by atoms with Crippen molar-refractivity contribution in [3.05, 3.63) is 0 Å². The van der Waals surface area contributed by atoms with Crippen LogP contribution in [-0.2, 0) is 4.79 Å². The summed E-state index contributed by atoms with van der Waals surface area (Å²) in [5.74, 6) is 2.60. The lowest BCUT2D eigenvalue weighted by Gasteiger charge is -2.31. The van der Waals surface area contributed by atoms with E-state index < -0.39 is 5.41 Å². The molecule has 3 heteroatoms. The molecule has 2 aliphatic carbocycles. The van der Waals surface area contributed by atoms with E-state index in [1.54, 1.807) is 0 Å². The van der Waals surface area contributed by atoms with Gasteiger partial charge in [-0.2, -0.15) is 0 Å². The van der Waals surface area contributed by atoms with Gasteiger partial charge in [0.15, 0.2) is 0 Å². The second kappa shape index (κ2) is 4.60. The minimum absolute atomic E-state index is 0.107. The highest BCUT2D eigenvalue weighted by atomic mass is 16.2. The van der Waals surface area contributed by atoms with E-state index in [1.165, 1.54) is 25.7 Å². The Bertz CT molecular complexity index is 301. The maximum absolute atomic E-state index is 12.1. The lowest BCUT2D eigenvalue weighted by Crippen LogP contribution is -2.48. The van der Waals surface area contributed by atoms with Gasteiger partial charge in [0, 0.05) is 12.6 Å². The summed E-state index contributed by atoms with van der Waals surface area (Å²) in [7, 11) is 0. The molecule has 1 amide bonds. The van der Waals surface area contributed by atoms with E-state index in [0.29, 0.717) is 18.5 Å². The second-order valence-electron chi connectivity index (χ2n) is 6.69. The normalized spacial score (nSPS) is 33.8. The van der Waals surface area contributed by atoms with Gasteiger partial charge in [0.2, 0.25) is 5.91 Å². The minimum Gasteiger partial charge on any atom is -0.353 e. The molecule has 17 heavy (non-hydrogen) atoms. The molecule has 0 radical (unpaired) electrons. The van der Waals surface area contributed by atoms with Gasteiger partial charge in [-0.25, -0.2) is 0 Å². The lowest BCUT2D eigenvalue weighted by molar-refractivity contribution is -0.130. The van der Waals surface area contributed by atoms with E-state index in [1.807, 2.05) is 13.8 Å². The zero-order valence-corrected chi connectivity index (χ0v) is 11.3. The molecule has 0 aliphatic heterocycles. The topological polar surface area (TPSA) is 55.1 Å². The van der Waals surface area contributed by atoms with Crippen LogP contribution in [0.2, 0.25) is 0 Å². The molecule has 4 atom stereocenters. The summed E-state index contributed by atoms with van der Waals surface area (Å²) in [4.78, 5) is 12.1. The number of carbonyl (C=O) groups is 1. The zero-order chi connectivity index (χ0) is 12.6. The molecular weight excluding hydrogens is 212 g/mol. The fraction of sp³-hybridized carbons (Fsp3) is 0.929. The van der Waals surface area contributed by atoms with Gasteiger partial charge >= 0.3 is 0 Å². The number of amides is 1. The van der Waals surface area contributed by atoms with Gasteiger partial charge in [0.05, 0.1) is 5.41 Å². The van der Waals surface area contributed by atoms with E-state index >= 15 is 0 Å². The van der Waals surface area contributed by atoms with Crippen molar-refractivity contribution in [3.8, 4) is 0 Å². The monoisotopic (exact) mass is 238 g/mol. The lowest BCUT2D eigenvalue weighted by atomic mass is 9.83. The van der Waals surface area contributed by atoms with Crippen molar-refractivity contribution < 1.29 is 4.79 Å². The average molecular weight is 238 g/mol. The summed E-state index contributed by atoms with van der Waals surface area (Å²) in [5, 5.41) is 3.18. The highest BCUT2D eigenvalue weighted by Crippen LogP contribution is 2.49. The van der Waals surface area contributed by atoms with Crippen LogP contribution in [0.1, 0.15) is 46.5 Å². The predicted octanol–water partition coefficient (Wildman–Crippen LogP) is 1.91. The van der Waals surface area contributed by atoms with Gasteiger partial charge in [0.25, 0.3) is 0 Å². The molecule has 2 saturated carbocycles. The third kappa shape index (κ3) is 2.49. The number of rotatable bonds is 4. The molecule has 0 spiro atoms. The van der Waals surface area contributed by atoms with Crippen molar-refractivity contribution in [2.75, 3.05) is 6.54 Å². The zero-order valence-electron chi connectivity index (χ0n) is 11.3. The molecular formula is C14H26N2O. The van der Waals surface area contributed by atoms with Crippen LogP contribution >= 0.6 is 0 Å². The van der Waals surface area contributed by atoms with Crippen LogP contribution in [0.25, 0.3) is 0 Å². The quantitative estimate of drug-likeness (QED) is 0.786. The van der Waals surface area contributed by atoms with Crippen molar-refractivity contribution in [2.45, 2.75) is 52.5 Å². The van der Waals surface area contributed by atoms with E-state index in [4.69, 9.17) is 5.73 Å². The third-order valence-corrected chi connectivity index (χ3v) is 4.92. The first-order valence-electron chi connectivity index (χ1n) is 6.95. The Morgan fingerprint density at radius 2 is 2.12 bits per heavy atom. The summed E-state index contributed by atoms with van der Waals surface area (Å²) in [6.45, 7) is 6.39. The first-order valence-corrected chi connectivity index (χ1v) is 6.95. The molecule has 3 nitrogen and oxygen atoms in total. The number of fused-ring (bicyclic) bond motifs is 2. The number of hydrogen-bond acceptors (Lipinski definition) is 2. The van der Waals surface area contributed by atoms with Crippen molar-refractivity contribution in [1.29, 1.82) is 0 Å². The van der Waals surface area contributed by atoms with Crippen LogP contribution < -0.4 is 11.1 Å². The van der Waals surface area contributed by atoms with Crippen LogP contribution in [0.15, 0.2) is 0 Å². The number of hydrogen-bond donors (Lipinski definition) is 2. The summed E-state index contributed by atoms with van der Waals surface area (Å²) in [5.41, 5.74) is 5.20. The molecule has 2 aliphatic rings. The summed E-state index contributed by atoms with van der Waals surface area (Å²) in [6, 6.07) is 0.309. The van der Waals surface area contributed by atoms with Crippen LogP contribution in [0.5, 0.6) is 0 Å². The highest BCUT2D eigenvalue weighted by Gasteiger charge is 2.42. The first-order chi connectivity index (χ1) is 7.94. The average Bonchev–Trinajstić information content (AvgIpc) is 2.90. The molecule has 3 N–H and O–H groups in total.